The number of rotatable bonds is 8. The fraction of sp³-hybridized carbons (Fsp3) is 0.300. The van der Waals surface area contributed by atoms with Crippen molar-refractivity contribution in [3.05, 3.63) is 47.3 Å². The van der Waals surface area contributed by atoms with Gasteiger partial charge in [-0.3, -0.25) is 9.59 Å². The number of halogens is 4. The normalized spacial score (nSPS) is 10.9. The second-order valence-electron chi connectivity index (χ2n) is 6.40. The van der Waals surface area contributed by atoms with Crippen LogP contribution in [-0.4, -0.2) is 45.3 Å². The summed E-state index contributed by atoms with van der Waals surface area (Å²) in [7, 11) is 2.90. The molecule has 2 amide bonds. The van der Waals surface area contributed by atoms with Crippen LogP contribution in [0.15, 0.2) is 30.3 Å². The molecule has 0 radical (unpaired) electrons. The number of amides is 2. The lowest BCUT2D eigenvalue weighted by Crippen LogP contribution is -2.33. The molecule has 0 spiro atoms. The fourth-order valence-electron chi connectivity index (χ4n) is 2.55. The maximum Gasteiger partial charge on any atom is 0.405 e. The predicted octanol–water partition coefficient (Wildman–Crippen LogP) is 3.49. The number of hydrogen-bond donors (Lipinski definition) is 3. The summed E-state index contributed by atoms with van der Waals surface area (Å²) in [4.78, 5) is 24.2. The Balaban J connectivity index is 2.08. The molecule has 168 valence electrons. The first-order valence-corrected chi connectivity index (χ1v) is 8.95. The molecule has 0 aliphatic rings. The van der Waals surface area contributed by atoms with Gasteiger partial charge in [-0.15, -0.1) is 0 Å². The lowest BCUT2D eigenvalue weighted by molar-refractivity contribution is -0.123. The van der Waals surface area contributed by atoms with Crippen LogP contribution >= 0.6 is 0 Å². The van der Waals surface area contributed by atoms with Gasteiger partial charge >= 0.3 is 6.18 Å². The largest absolute Gasteiger partial charge is 0.497 e. The maximum atomic E-state index is 14.1. The Morgan fingerprint density at radius 3 is 2.35 bits per heavy atom. The van der Waals surface area contributed by atoms with Crippen LogP contribution in [0.1, 0.15) is 15.9 Å². The number of carbonyl (C=O) groups excluding carboxylic acids is 2. The molecule has 31 heavy (non-hydrogen) atoms. The van der Waals surface area contributed by atoms with Crippen molar-refractivity contribution in [1.29, 1.82) is 0 Å². The van der Waals surface area contributed by atoms with Crippen LogP contribution in [0.3, 0.4) is 0 Å². The molecule has 0 saturated heterocycles. The van der Waals surface area contributed by atoms with Gasteiger partial charge in [-0.2, -0.15) is 13.2 Å². The first kappa shape index (κ1) is 23.8. The summed E-state index contributed by atoms with van der Waals surface area (Å²) in [6, 6.07) is 6.77. The van der Waals surface area contributed by atoms with Crippen molar-refractivity contribution < 1.29 is 36.6 Å². The zero-order valence-corrected chi connectivity index (χ0v) is 16.9. The highest BCUT2D eigenvalue weighted by Crippen LogP contribution is 2.29. The monoisotopic (exact) mass is 443 g/mol. The molecule has 0 aliphatic carbocycles. The molecule has 0 atom stereocenters. The third-order valence-electron chi connectivity index (χ3n) is 4.18. The van der Waals surface area contributed by atoms with E-state index in [1.54, 1.807) is 23.5 Å². The first-order chi connectivity index (χ1) is 14.5. The van der Waals surface area contributed by atoms with E-state index in [4.69, 9.17) is 9.47 Å². The number of ether oxygens (including phenoxy) is 2. The molecule has 2 rings (SSSR count). The third kappa shape index (κ3) is 6.76. The minimum absolute atomic E-state index is 0.0917. The molecular weight excluding hydrogens is 422 g/mol. The van der Waals surface area contributed by atoms with E-state index < -0.39 is 30.4 Å². The molecule has 0 heterocycles. The van der Waals surface area contributed by atoms with Crippen molar-refractivity contribution in [3.8, 4) is 11.5 Å². The molecular formula is C20H21F4N3O4. The lowest BCUT2D eigenvalue weighted by Gasteiger charge is -2.15. The second-order valence-corrected chi connectivity index (χ2v) is 6.40. The molecule has 0 unspecified atom stereocenters. The van der Waals surface area contributed by atoms with Crippen molar-refractivity contribution in [1.82, 2.24) is 5.32 Å². The number of anilines is 2. The Labute approximate surface area is 175 Å². The number of methoxy groups -OCH3 is 2. The van der Waals surface area contributed by atoms with Crippen molar-refractivity contribution in [2.45, 2.75) is 13.1 Å². The fourth-order valence-corrected chi connectivity index (χ4v) is 2.55. The molecule has 0 saturated carbocycles. The van der Waals surface area contributed by atoms with Gasteiger partial charge in [-0.05, 0) is 31.2 Å². The summed E-state index contributed by atoms with van der Waals surface area (Å²) in [6.07, 6.45) is -4.60. The van der Waals surface area contributed by atoms with Crippen molar-refractivity contribution in [3.63, 3.8) is 0 Å². The summed E-state index contributed by atoms with van der Waals surface area (Å²) in [5.41, 5.74) is 0.251. The number of carbonyl (C=O) groups is 2. The predicted molar refractivity (Wildman–Crippen MR) is 106 cm³/mol. The average molecular weight is 443 g/mol. The highest BCUT2D eigenvalue weighted by atomic mass is 19.4. The van der Waals surface area contributed by atoms with E-state index in [1.165, 1.54) is 27.2 Å². The van der Waals surface area contributed by atoms with E-state index in [1.807, 2.05) is 0 Å². The molecule has 2 aromatic rings. The van der Waals surface area contributed by atoms with Gasteiger partial charge < -0.3 is 25.4 Å². The molecule has 0 aromatic heterocycles. The van der Waals surface area contributed by atoms with Crippen LogP contribution in [0.5, 0.6) is 11.5 Å². The Morgan fingerprint density at radius 1 is 1.03 bits per heavy atom. The second kappa shape index (κ2) is 10.0. The molecule has 0 bridgehead atoms. The Bertz CT molecular complexity index is 964. The van der Waals surface area contributed by atoms with Crippen LogP contribution in [-0.2, 0) is 4.79 Å². The third-order valence-corrected chi connectivity index (χ3v) is 4.18. The van der Waals surface area contributed by atoms with Gasteiger partial charge in [0.25, 0.3) is 5.91 Å². The zero-order valence-electron chi connectivity index (χ0n) is 16.9. The van der Waals surface area contributed by atoms with E-state index in [-0.39, 0.29) is 23.4 Å². The van der Waals surface area contributed by atoms with Crippen molar-refractivity contribution >= 4 is 23.2 Å². The smallest absolute Gasteiger partial charge is 0.405 e. The number of nitrogens with one attached hydrogen (secondary N) is 3. The van der Waals surface area contributed by atoms with E-state index >= 15 is 0 Å². The molecule has 0 fully saturated rings. The topological polar surface area (TPSA) is 88.7 Å². The van der Waals surface area contributed by atoms with Gasteiger partial charge in [0.05, 0.1) is 26.5 Å². The SMILES string of the molecule is COc1ccc(NC(=O)CNc2cc(C(=O)NCC(F)(F)F)cc(F)c2C)c(OC)c1. The van der Waals surface area contributed by atoms with E-state index in [0.717, 1.165) is 6.07 Å². The van der Waals surface area contributed by atoms with E-state index in [2.05, 4.69) is 10.6 Å². The Hall–Kier alpha value is -3.50. The minimum Gasteiger partial charge on any atom is -0.497 e. The summed E-state index contributed by atoms with van der Waals surface area (Å²) < 4.78 is 61.2. The maximum absolute atomic E-state index is 14.1. The number of benzene rings is 2. The highest BCUT2D eigenvalue weighted by molar-refractivity contribution is 5.97. The van der Waals surface area contributed by atoms with Crippen molar-refractivity contribution in [2.24, 2.45) is 0 Å². The molecule has 2 aromatic carbocycles. The van der Waals surface area contributed by atoms with Crippen molar-refractivity contribution in [2.75, 3.05) is 37.9 Å². The Morgan fingerprint density at radius 2 is 1.74 bits per heavy atom. The summed E-state index contributed by atoms with van der Waals surface area (Å²) in [5, 5.41) is 6.96. The lowest BCUT2D eigenvalue weighted by atomic mass is 10.1. The van der Waals surface area contributed by atoms with Crippen LogP contribution in [0.4, 0.5) is 28.9 Å². The Kier molecular flexibility index (Phi) is 7.67. The van der Waals surface area contributed by atoms with Gasteiger partial charge in [0, 0.05) is 22.9 Å². The van der Waals surface area contributed by atoms with Crippen LogP contribution in [0.25, 0.3) is 0 Å². The number of hydrogen-bond acceptors (Lipinski definition) is 5. The molecule has 11 heteroatoms. The van der Waals surface area contributed by atoms with Gasteiger partial charge in [-0.1, -0.05) is 0 Å². The van der Waals surface area contributed by atoms with E-state index in [0.29, 0.717) is 17.2 Å². The highest BCUT2D eigenvalue weighted by Gasteiger charge is 2.28. The van der Waals surface area contributed by atoms with Gasteiger partial charge in [-0.25, -0.2) is 4.39 Å². The van der Waals surface area contributed by atoms with Gasteiger partial charge in [0.2, 0.25) is 5.91 Å². The van der Waals surface area contributed by atoms with Crippen LogP contribution in [0.2, 0.25) is 0 Å². The molecule has 0 aliphatic heterocycles. The minimum atomic E-state index is -4.60. The van der Waals surface area contributed by atoms with E-state index in [9.17, 15) is 27.2 Å². The standard InChI is InChI=1S/C20H21F4N3O4/c1-11-14(21)6-12(19(29)26-10-20(22,23)24)7-16(11)25-9-18(28)27-15-5-4-13(30-2)8-17(15)31-3/h4-8,25H,9-10H2,1-3H3,(H,26,29)(H,27,28). The summed E-state index contributed by atoms with van der Waals surface area (Å²) in [5.74, 6) is -1.51. The summed E-state index contributed by atoms with van der Waals surface area (Å²) in [6.45, 7) is -0.446. The van der Waals surface area contributed by atoms with Gasteiger partial charge in [0.15, 0.2) is 0 Å². The first-order valence-electron chi connectivity index (χ1n) is 8.95. The quantitative estimate of drug-likeness (QED) is 0.544. The number of alkyl halides is 3. The molecule has 7 nitrogen and oxygen atoms in total. The summed E-state index contributed by atoms with van der Waals surface area (Å²) >= 11 is 0. The average Bonchev–Trinajstić information content (AvgIpc) is 2.72. The zero-order chi connectivity index (χ0) is 23.2. The van der Waals surface area contributed by atoms with Gasteiger partial charge in [0.1, 0.15) is 23.9 Å². The molecule has 3 N–H and O–H groups in total. The van der Waals surface area contributed by atoms with Crippen LogP contribution in [0, 0.1) is 12.7 Å². The van der Waals surface area contributed by atoms with Crippen LogP contribution < -0.4 is 25.4 Å².